The average Bonchev–Trinajstić information content (AvgIpc) is 4.24. The van der Waals surface area contributed by atoms with Crippen LogP contribution in [0, 0.1) is 13.8 Å². The van der Waals surface area contributed by atoms with Crippen molar-refractivity contribution in [3.63, 3.8) is 0 Å². The first kappa shape index (κ1) is 40.8. The normalized spacial score (nSPS) is 15.5. The van der Waals surface area contributed by atoms with Gasteiger partial charge in [0.05, 0.1) is 39.6 Å². The number of anilines is 6. The van der Waals surface area contributed by atoms with E-state index in [1.54, 1.807) is 0 Å². The van der Waals surface area contributed by atoms with Crippen molar-refractivity contribution in [2.75, 3.05) is 36.2 Å². The third-order valence-electron chi connectivity index (χ3n) is 11.6. The van der Waals surface area contributed by atoms with Gasteiger partial charge < -0.3 is 28.7 Å². The van der Waals surface area contributed by atoms with Gasteiger partial charge in [-0.2, -0.15) is 0 Å². The fourth-order valence-corrected chi connectivity index (χ4v) is 9.02. The van der Waals surface area contributed by atoms with E-state index in [1.807, 2.05) is 11.3 Å². The molecule has 2 aliphatic rings. The van der Waals surface area contributed by atoms with E-state index in [0.717, 1.165) is 71.3 Å². The number of hydrogen-bond acceptors (Lipinski definition) is 7. The van der Waals surface area contributed by atoms with Crippen LogP contribution in [0.15, 0.2) is 146 Å². The number of ether oxygens (including phenoxy) is 4. The first-order valence-electron chi connectivity index (χ1n) is 21.6. The summed E-state index contributed by atoms with van der Waals surface area (Å²) in [6, 6.07) is 53.6. The van der Waals surface area contributed by atoms with Crippen molar-refractivity contribution < 1.29 is 18.9 Å². The maximum Gasteiger partial charge on any atom is 0.104 e. The van der Waals surface area contributed by atoms with Crippen LogP contribution in [-0.2, 0) is 45.0 Å². The minimum absolute atomic E-state index is 0.267. The number of benzene rings is 6. The third-order valence-corrected chi connectivity index (χ3v) is 12.8. The third kappa shape index (κ3) is 9.83. The molecule has 9 rings (SSSR count). The van der Waals surface area contributed by atoms with Gasteiger partial charge >= 0.3 is 0 Å². The monoisotopic (exact) mass is 826 g/mol. The van der Waals surface area contributed by atoms with E-state index in [0.29, 0.717) is 26.4 Å². The SMILES string of the molecule is CCc1ccc(N(c2ccc(COCC3CO3)cc2)c2ccc(-c3ccc(-c4ccc(N(c5ccc(CC)cc5)c5ccc(COCC6CO6)cc5)cc4C)s3)c(C)c2)cc1. The van der Waals surface area contributed by atoms with Gasteiger partial charge in [0.15, 0.2) is 0 Å². The number of thiophene rings is 1. The van der Waals surface area contributed by atoms with E-state index in [1.165, 1.54) is 43.1 Å². The van der Waals surface area contributed by atoms with Crippen LogP contribution in [0.4, 0.5) is 34.1 Å². The van der Waals surface area contributed by atoms with Crippen molar-refractivity contribution in [3.8, 4) is 20.9 Å². The van der Waals surface area contributed by atoms with Crippen molar-refractivity contribution >= 4 is 45.5 Å². The second-order valence-corrected chi connectivity index (χ2v) is 17.2. The number of hydrogen-bond donors (Lipinski definition) is 0. The highest BCUT2D eigenvalue weighted by Gasteiger charge is 2.23. The average molecular weight is 827 g/mol. The number of nitrogens with zero attached hydrogens (tertiary/aromatic N) is 2. The highest BCUT2D eigenvalue weighted by Crippen LogP contribution is 2.43. The van der Waals surface area contributed by atoms with Gasteiger partial charge in [-0.3, -0.25) is 0 Å². The van der Waals surface area contributed by atoms with Gasteiger partial charge in [0.25, 0.3) is 0 Å². The lowest BCUT2D eigenvalue weighted by atomic mass is 10.0. The summed E-state index contributed by atoms with van der Waals surface area (Å²) < 4.78 is 22.4. The number of rotatable bonds is 18. The quantitative estimate of drug-likeness (QED) is 0.0803. The zero-order valence-electron chi connectivity index (χ0n) is 35.6. The van der Waals surface area contributed by atoms with Gasteiger partial charge in [-0.05, 0) is 156 Å². The Hall–Kier alpha value is -5.54. The summed E-state index contributed by atoms with van der Waals surface area (Å²) in [5, 5.41) is 0. The van der Waals surface area contributed by atoms with E-state index in [-0.39, 0.29) is 12.2 Å². The Bertz CT molecular complexity index is 2360. The molecule has 0 aliphatic carbocycles. The molecule has 6 nitrogen and oxygen atoms in total. The van der Waals surface area contributed by atoms with Gasteiger partial charge in [-0.15, -0.1) is 11.3 Å². The summed E-state index contributed by atoms with van der Waals surface area (Å²) in [6.45, 7) is 12.9. The van der Waals surface area contributed by atoms with Gasteiger partial charge in [0.2, 0.25) is 0 Å². The highest BCUT2D eigenvalue weighted by atomic mass is 32.1. The molecule has 7 heteroatoms. The molecular formula is C54H54N2O4S. The molecule has 7 aromatic rings. The van der Waals surface area contributed by atoms with Crippen LogP contribution in [0.3, 0.4) is 0 Å². The van der Waals surface area contributed by atoms with Crippen LogP contribution in [0.5, 0.6) is 0 Å². The molecule has 0 saturated carbocycles. The van der Waals surface area contributed by atoms with Crippen LogP contribution in [0.25, 0.3) is 20.9 Å². The fourth-order valence-electron chi connectivity index (χ4n) is 7.84. The smallest absolute Gasteiger partial charge is 0.104 e. The maximum absolute atomic E-state index is 5.87. The lowest BCUT2D eigenvalue weighted by molar-refractivity contribution is 0.104. The van der Waals surface area contributed by atoms with Crippen molar-refractivity contribution in [1.82, 2.24) is 0 Å². The Morgan fingerprint density at radius 2 is 0.787 bits per heavy atom. The zero-order valence-corrected chi connectivity index (χ0v) is 36.4. The predicted molar refractivity (Wildman–Crippen MR) is 252 cm³/mol. The lowest BCUT2D eigenvalue weighted by Gasteiger charge is -2.27. The molecule has 0 bridgehead atoms. The maximum atomic E-state index is 5.87. The summed E-state index contributed by atoms with van der Waals surface area (Å²) >= 11 is 1.85. The Balaban J connectivity index is 0.962. The summed E-state index contributed by atoms with van der Waals surface area (Å²) in [7, 11) is 0. The minimum atomic E-state index is 0.267. The van der Waals surface area contributed by atoms with Crippen LogP contribution in [-0.4, -0.2) is 38.6 Å². The molecule has 1 aromatic heterocycles. The molecule has 310 valence electrons. The van der Waals surface area contributed by atoms with Crippen LogP contribution in [0.2, 0.25) is 0 Å². The molecule has 2 saturated heterocycles. The second-order valence-electron chi connectivity index (χ2n) is 16.1. The van der Waals surface area contributed by atoms with E-state index in [4.69, 9.17) is 18.9 Å². The Morgan fingerprint density at radius 1 is 0.459 bits per heavy atom. The minimum Gasteiger partial charge on any atom is -0.374 e. The molecule has 0 amide bonds. The summed E-state index contributed by atoms with van der Waals surface area (Å²) in [6.07, 6.45) is 2.55. The van der Waals surface area contributed by atoms with Crippen molar-refractivity contribution in [3.05, 3.63) is 179 Å². The van der Waals surface area contributed by atoms with Crippen LogP contribution < -0.4 is 9.80 Å². The molecule has 6 aromatic carbocycles. The fraction of sp³-hybridized carbons (Fsp3) is 0.259. The van der Waals surface area contributed by atoms with E-state index in [2.05, 4.69) is 183 Å². The molecule has 0 spiro atoms. The second kappa shape index (κ2) is 18.6. The molecule has 2 unspecified atom stereocenters. The van der Waals surface area contributed by atoms with Crippen molar-refractivity contribution in [1.29, 1.82) is 0 Å². The topological polar surface area (TPSA) is 50.0 Å². The molecule has 2 atom stereocenters. The first-order chi connectivity index (χ1) is 29.9. The van der Waals surface area contributed by atoms with Gasteiger partial charge in [-0.25, -0.2) is 0 Å². The van der Waals surface area contributed by atoms with Crippen molar-refractivity contribution in [2.24, 2.45) is 0 Å². The summed E-state index contributed by atoms with van der Waals surface area (Å²) in [4.78, 5) is 7.21. The summed E-state index contributed by atoms with van der Waals surface area (Å²) in [5.41, 5.74) is 16.7. The molecule has 61 heavy (non-hydrogen) atoms. The molecule has 0 N–H and O–H groups in total. The van der Waals surface area contributed by atoms with Gasteiger partial charge in [0, 0.05) is 43.9 Å². The summed E-state index contributed by atoms with van der Waals surface area (Å²) in [5.74, 6) is 0. The Labute approximate surface area is 364 Å². The molecule has 0 radical (unpaired) electrons. The highest BCUT2D eigenvalue weighted by molar-refractivity contribution is 7.18. The van der Waals surface area contributed by atoms with E-state index >= 15 is 0 Å². The molecule has 2 aliphatic heterocycles. The molecule has 3 heterocycles. The number of aryl methyl sites for hydroxylation is 4. The van der Waals surface area contributed by atoms with Crippen LogP contribution >= 0.6 is 11.3 Å². The largest absolute Gasteiger partial charge is 0.374 e. The predicted octanol–water partition coefficient (Wildman–Crippen LogP) is 13.6. The van der Waals surface area contributed by atoms with Crippen molar-refractivity contribution in [2.45, 2.75) is 66.0 Å². The standard InChI is InChI=1S/C54H54N2O4S/c1-5-39-7-15-43(16-8-39)55(45-19-11-41(12-20-45)31-57-33-49-35-59-49)47-23-25-51(37(3)29-47)53-27-28-54(61-53)52-26-24-48(30-38(52)4)56(44-17-9-40(6-2)10-18-44)46-21-13-42(14-22-46)32-58-34-50-36-60-50/h7-30,49-50H,5-6,31-36H2,1-4H3. The first-order valence-corrected chi connectivity index (χ1v) is 22.4. The van der Waals surface area contributed by atoms with Crippen LogP contribution in [0.1, 0.15) is 47.2 Å². The van der Waals surface area contributed by atoms with E-state index < -0.39 is 0 Å². The number of epoxide rings is 2. The Morgan fingerprint density at radius 3 is 1.10 bits per heavy atom. The lowest BCUT2D eigenvalue weighted by Crippen LogP contribution is -2.10. The zero-order chi connectivity index (χ0) is 41.7. The van der Waals surface area contributed by atoms with Gasteiger partial charge in [0.1, 0.15) is 12.2 Å². The Kier molecular flexibility index (Phi) is 12.5. The van der Waals surface area contributed by atoms with Gasteiger partial charge in [-0.1, -0.05) is 74.5 Å². The molecular weight excluding hydrogens is 773 g/mol. The molecule has 2 fully saturated rings. The van der Waals surface area contributed by atoms with E-state index in [9.17, 15) is 0 Å².